The molecule has 2 rings (SSSR count). The number of nitrogens with zero attached hydrogens (tertiary/aromatic N) is 3. The van der Waals surface area contributed by atoms with Gasteiger partial charge in [-0.1, -0.05) is 23.4 Å². The lowest BCUT2D eigenvalue weighted by Crippen LogP contribution is -2.21. The minimum atomic E-state index is -0.492. The van der Waals surface area contributed by atoms with Crippen LogP contribution in [-0.2, 0) is 20.7 Å². The molecule has 1 aromatic carbocycles. The van der Waals surface area contributed by atoms with E-state index in [4.69, 9.17) is 21.6 Å². The van der Waals surface area contributed by atoms with Gasteiger partial charge >= 0.3 is 5.97 Å². The van der Waals surface area contributed by atoms with Crippen LogP contribution in [0.2, 0.25) is 5.02 Å². The van der Waals surface area contributed by atoms with Crippen LogP contribution in [0.3, 0.4) is 0 Å². The number of nitrogens with one attached hydrogen (secondary N) is 1. The van der Waals surface area contributed by atoms with Gasteiger partial charge in [-0.2, -0.15) is 5.26 Å². The molecule has 9 heteroatoms. The van der Waals surface area contributed by atoms with E-state index in [0.717, 1.165) is 17.0 Å². The van der Waals surface area contributed by atoms with Crippen molar-refractivity contribution < 1.29 is 14.3 Å². The van der Waals surface area contributed by atoms with Crippen LogP contribution in [0.15, 0.2) is 23.4 Å². The number of hydrogen-bond acceptors (Lipinski definition) is 7. The van der Waals surface area contributed by atoms with Crippen molar-refractivity contribution in [1.82, 2.24) is 9.97 Å². The number of esters is 1. The molecule has 28 heavy (non-hydrogen) atoms. The molecule has 1 amide bonds. The summed E-state index contributed by atoms with van der Waals surface area (Å²) in [5.41, 5.74) is 3.31. The van der Waals surface area contributed by atoms with Crippen molar-refractivity contribution in [2.75, 3.05) is 18.2 Å². The van der Waals surface area contributed by atoms with Gasteiger partial charge in [-0.15, -0.1) is 0 Å². The number of nitriles is 1. The maximum Gasteiger partial charge on any atom is 0.306 e. The predicted molar refractivity (Wildman–Crippen MR) is 107 cm³/mol. The average molecular weight is 419 g/mol. The minimum absolute atomic E-state index is 0.125. The summed E-state index contributed by atoms with van der Waals surface area (Å²) in [5.74, 6) is -0.977. The van der Waals surface area contributed by atoms with Crippen molar-refractivity contribution in [3.8, 4) is 6.07 Å². The SMILES string of the molecule is CSc1nc(C)c(CCC(=O)OCC(=O)Nc2ccc(C#N)c(Cl)c2)c(C)n1. The topological polar surface area (TPSA) is 105 Å². The molecule has 1 aromatic heterocycles. The van der Waals surface area contributed by atoms with E-state index in [9.17, 15) is 9.59 Å². The van der Waals surface area contributed by atoms with Crippen LogP contribution in [0.4, 0.5) is 5.69 Å². The molecule has 0 aliphatic carbocycles. The largest absolute Gasteiger partial charge is 0.456 e. The van der Waals surface area contributed by atoms with Crippen LogP contribution in [0.25, 0.3) is 0 Å². The second-order valence-corrected chi connectivity index (χ2v) is 7.06. The van der Waals surface area contributed by atoms with E-state index < -0.39 is 18.5 Å². The van der Waals surface area contributed by atoms with E-state index in [1.807, 2.05) is 26.2 Å². The van der Waals surface area contributed by atoms with Gasteiger partial charge in [-0.3, -0.25) is 9.59 Å². The van der Waals surface area contributed by atoms with Crippen molar-refractivity contribution in [3.63, 3.8) is 0 Å². The molecule has 0 spiro atoms. The Morgan fingerprint density at radius 1 is 1.29 bits per heavy atom. The molecule has 1 N–H and O–H groups in total. The normalized spacial score (nSPS) is 10.2. The van der Waals surface area contributed by atoms with Gasteiger partial charge in [-0.05, 0) is 50.3 Å². The third-order valence-corrected chi connectivity index (χ3v) is 4.76. The van der Waals surface area contributed by atoms with Gasteiger partial charge in [0.1, 0.15) is 6.07 Å². The van der Waals surface area contributed by atoms with Gasteiger partial charge in [0.25, 0.3) is 5.91 Å². The molecule has 0 atom stereocenters. The molecule has 0 saturated carbocycles. The molecule has 0 aliphatic heterocycles. The van der Waals surface area contributed by atoms with Gasteiger partial charge in [0.15, 0.2) is 11.8 Å². The van der Waals surface area contributed by atoms with Crippen molar-refractivity contribution >= 4 is 40.9 Å². The summed E-state index contributed by atoms with van der Waals surface area (Å²) in [4.78, 5) is 32.6. The number of aromatic nitrogens is 2. The van der Waals surface area contributed by atoms with E-state index in [0.29, 0.717) is 22.8 Å². The van der Waals surface area contributed by atoms with Gasteiger partial charge in [0, 0.05) is 23.5 Å². The monoisotopic (exact) mass is 418 g/mol. The Bertz CT molecular complexity index is 920. The fourth-order valence-electron chi connectivity index (χ4n) is 2.49. The molecule has 0 unspecified atom stereocenters. The summed E-state index contributed by atoms with van der Waals surface area (Å²) in [6, 6.07) is 6.44. The lowest BCUT2D eigenvalue weighted by Gasteiger charge is -2.10. The van der Waals surface area contributed by atoms with Gasteiger partial charge < -0.3 is 10.1 Å². The molecular weight excluding hydrogens is 400 g/mol. The highest BCUT2D eigenvalue weighted by molar-refractivity contribution is 7.98. The Balaban J connectivity index is 1.83. The maximum absolute atomic E-state index is 12.0. The standard InChI is InChI=1S/C19H19ClN4O3S/c1-11-15(12(2)23-19(22-11)28-3)6-7-18(26)27-10-17(25)24-14-5-4-13(9-21)16(20)8-14/h4-5,8H,6-7,10H2,1-3H3,(H,24,25). The van der Waals surface area contributed by atoms with E-state index in [1.54, 1.807) is 6.07 Å². The van der Waals surface area contributed by atoms with Crippen LogP contribution in [0.1, 0.15) is 28.9 Å². The Morgan fingerprint density at radius 3 is 2.54 bits per heavy atom. The number of hydrogen-bond donors (Lipinski definition) is 1. The summed E-state index contributed by atoms with van der Waals surface area (Å²) in [6.07, 6.45) is 2.47. The van der Waals surface area contributed by atoms with E-state index in [-0.39, 0.29) is 11.4 Å². The predicted octanol–water partition coefficient (Wildman–Crippen LogP) is 3.45. The first-order chi connectivity index (χ1) is 13.3. The smallest absolute Gasteiger partial charge is 0.306 e. The third-order valence-electron chi connectivity index (χ3n) is 3.90. The van der Waals surface area contributed by atoms with Crippen LogP contribution in [0, 0.1) is 25.2 Å². The fourth-order valence-corrected chi connectivity index (χ4v) is 3.17. The molecule has 1 heterocycles. The van der Waals surface area contributed by atoms with E-state index in [2.05, 4.69) is 15.3 Å². The number of carbonyl (C=O) groups excluding carboxylic acids is 2. The highest BCUT2D eigenvalue weighted by Gasteiger charge is 2.13. The zero-order chi connectivity index (χ0) is 20.7. The highest BCUT2D eigenvalue weighted by Crippen LogP contribution is 2.20. The molecule has 146 valence electrons. The van der Waals surface area contributed by atoms with Crippen LogP contribution < -0.4 is 5.32 Å². The number of benzene rings is 1. The first kappa shape index (κ1) is 21.7. The summed E-state index contributed by atoms with van der Waals surface area (Å²) >= 11 is 7.38. The second kappa shape index (κ2) is 10.1. The number of carbonyl (C=O) groups is 2. The number of halogens is 1. The first-order valence-corrected chi connectivity index (χ1v) is 9.97. The van der Waals surface area contributed by atoms with Crippen molar-refractivity contribution in [1.29, 1.82) is 5.26 Å². The minimum Gasteiger partial charge on any atom is -0.456 e. The molecule has 0 aliphatic rings. The van der Waals surface area contributed by atoms with Crippen LogP contribution in [-0.4, -0.2) is 34.7 Å². The van der Waals surface area contributed by atoms with E-state index in [1.165, 1.54) is 23.9 Å². The molecule has 0 fully saturated rings. The number of anilines is 1. The lowest BCUT2D eigenvalue weighted by molar-refractivity contribution is -0.147. The number of thioether (sulfide) groups is 1. The second-order valence-electron chi connectivity index (χ2n) is 5.87. The quantitative estimate of drug-likeness (QED) is 0.417. The molecule has 0 bridgehead atoms. The van der Waals surface area contributed by atoms with Gasteiger partial charge in [-0.25, -0.2) is 9.97 Å². The summed E-state index contributed by atoms with van der Waals surface area (Å²) in [6.45, 7) is 3.35. The Morgan fingerprint density at radius 2 is 1.96 bits per heavy atom. The van der Waals surface area contributed by atoms with Crippen LogP contribution >= 0.6 is 23.4 Å². The highest BCUT2D eigenvalue weighted by atomic mass is 35.5. The van der Waals surface area contributed by atoms with Crippen molar-refractivity contribution in [2.45, 2.75) is 31.8 Å². The number of rotatable bonds is 7. The van der Waals surface area contributed by atoms with Gasteiger partial charge in [0.05, 0.1) is 10.6 Å². The molecule has 7 nitrogen and oxygen atoms in total. The maximum atomic E-state index is 12.0. The van der Waals surface area contributed by atoms with Gasteiger partial charge in [0.2, 0.25) is 0 Å². The summed E-state index contributed by atoms with van der Waals surface area (Å²) in [5, 5.41) is 12.3. The first-order valence-electron chi connectivity index (χ1n) is 8.37. The molecule has 2 aromatic rings. The number of aryl methyl sites for hydroxylation is 2. The number of amides is 1. The fraction of sp³-hybridized carbons (Fsp3) is 0.316. The summed E-state index contributed by atoms with van der Waals surface area (Å²) < 4.78 is 5.02. The Kier molecular flexibility index (Phi) is 7.79. The number of ether oxygens (including phenoxy) is 1. The molecule has 0 radical (unpaired) electrons. The molecular formula is C19H19ClN4O3S. The van der Waals surface area contributed by atoms with Crippen LogP contribution in [0.5, 0.6) is 0 Å². The zero-order valence-corrected chi connectivity index (χ0v) is 17.3. The Labute approximate surface area is 172 Å². The lowest BCUT2D eigenvalue weighted by atomic mass is 10.1. The van der Waals surface area contributed by atoms with Crippen molar-refractivity contribution in [3.05, 3.63) is 45.7 Å². The Hall–Kier alpha value is -2.63. The van der Waals surface area contributed by atoms with E-state index >= 15 is 0 Å². The third kappa shape index (κ3) is 5.94. The zero-order valence-electron chi connectivity index (χ0n) is 15.7. The average Bonchev–Trinajstić information content (AvgIpc) is 2.65. The molecule has 0 saturated heterocycles. The van der Waals surface area contributed by atoms with Crippen molar-refractivity contribution in [2.24, 2.45) is 0 Å². The summed E-state index contributed by atoms with van der Waals surface area (Å²) in [7, 11) is 0.